The third kappa shape index (κ3) is 3.81. The monoisotopic (exact) mass is 256 g/mol. The number of thiazole rings is 1. The molecule has 0 bridgehead atoms. The fourth-order valence-electron chi connectivity index (χ4n) is 1.11. The smallest absolute Gasteiger partial charge is 0.350 e. The summed E-state index contributed by atoms with van der Waals surface area (Å²) in [5.41, 5.74) is 0.576. The van der Waals surface area contributed by atoms with E-state index >= 15 is 0 Å². The van der Waals surface area contributed by atoms with Crippen LogP contribution < -0.4 is 5.32 Å². The van der Waals surface area contributed by atoms with Crippen LogP contribution in [-0.4, -0.2) is 23.0 Å². The Morgan fingerprint density at radius 3 is 2.65 bits per heavy atom. The minimum Gasteiger partial charge on any atom is -0.459 e. The number of hydrogen-bond acceptors (Lipinski definition) is 5. The summed E-state index contributed by atoms with van der Waals surface area (Å²) >= 11 is 1.14. The highest BCUT2D eigenvalue weighted by Crippen LogP contribution is 2.23. The van der Waals surface area contributed by atoms with Crippen LogP contribution in [0.5, 0.6) is 0 Å². The molecule has 0 aliphatic rings. The molecule has 17 heavy (non-hydrogen) atoms. The standard InChI is InChI=1S/C11H16N2O3S/c1-5-8(14)13-11-12-7(4)9(17-11)10(15)16-6(2)3/h6H,5H2,1-4H3,(H,12,13,14). The Morgan fingerprint density at radius 1 is 1.47 bits per heavy atom. The fraction of sp³-hybridized carbons (Fsp3) is 0.545. The van der Waals surface area contributed by atoms with E-state index in [2.05, 4.69) is 10.3 Å². The molecule has 0 spiro atoms. The van der Waals surface area contributed by atoms with E-state index in [0.717, 1.165) is 11.3 Å². The van der Waals surface area contributed by atoms with Crippen molar-refractivity contribution in [2.75, 3.05) is 5.32 Å². The van der Waals surface area contributed by atoms with Gasteiger partial charge in [-0.1, -0.05) is 18.3 Å². The van der Waals surface area contributed by atoms with E-state index in [0.29, 0.717) is 22.1 Å². The van der Waals surface area contributed by atoms with Gasteiger partial charge in [-0.05, 0) is 20.8 Å². The van der Waals surface area contributed by atoms with Gasteiger partial charge < -0.3 is 10.1 Å². The van der Waals surface area contributed by atoms with Crippen LogP contribution in [-0.2, 0) is 9.53 Å². The lowest BCUT2D eigenvalue weighted by Gasteiger charge is -2.05. The molecular weight excluding hydrogens is 240 g/mol. The minimum absolute atomic E-state index is 0.123. The second-order valence-electron chi connectivity index (χ2n) is 3.79. The maximum absolute atomic E-state index is 11.7. The largest absolute Gasteiger partial charge is 0.459 e. The molecule has 0 fully saturated rings. The van der Waals surface area contributed by atoms with Gasteiger partial charge >= 0.3 is 5.97 Å². The van der Waals surface area contributed by atoms with Crippen molar-refractivity contribution in [3.63, 3.8) is 0 Å². The van der Waals surface area contributed by atoms with Crippen molar-refractivity contribution < 1.29 is 14.3 Å². The molecule has 0 aliphatic carbocycles. The van der Waals surface area contributed by atoms with Gasteiger partial charge in [0.2, 0.25) is 5.91 Å². The first kappa shape index (κ1) is 13.6. The lowest BCUT2D eigenvalue weighted by molar-refractivity contribution is -0.115. The van der Waals surface area contributed by atoms with Crippen LogP contribution in [0.15, 0.2) is 0 Å². The zero-order valence-electron chi connectivity index (χ0n) is 10.4. The quantitative estimate of drug-likeness (QED) is 0.840. The molecule has 0 radical (unpaired) electrons. The summed E-state index contributed by atoms with van der Waals surface area (Å²) in [5, 5.41) is 3.06. The number of amides is 1. The van der Waals surface area contributed by atoms with Crippen molar-refractivity contribution in [2.24, 2.45) is 0 Å². The number of aryl methyl sites for hydroxylation is 1. The third-order valence-electron chi connectivity index (χ3n) is 1.89. The Hall–Kier alpha value is -1.43. The number of aromatic nitrogens is 1. The maximum Gasteiger partial charge on any atom is 0.350 e. The second-order valence-corrected chi connectivity index (χ2v) is 4.79. The van der Waals surface area contributed by atoms with Gasteiger partial charge in [-0.15, -0.1) is 0 Å². The van der Waals surface area contributed by atoms with Crippen LogP contribution in [0.3, 0.4) is 0 Å². The predicted octanol–water partition coefficient (Wildman–Crippen LogP) is 2.37. The van der Waals surface area contributed by atoms with Gasteiger partial charge in [0, 0.05) is 6.42 Å². The first-order chi connectivity index (χ1) is 7.93. The van der Waals surface area contributed by atoms with Crippen molar-refractivity contribution in [2.45, 2.75) is 40.2 Å². The maximum atomic E-state index is 11.7. The van der Waals surface area contributed by atoms with Gasteiger partial charge in [0.15, 0.2) is 5.13 Å². The third-order valence-corrected chi connectivity index (χ3v) is 2.95. The summed E-state index contributed by atoms with van der Waals surface area (Å²) in [6.07, 6.45) is 0.211. The van der Waals surface area contributed by atoms with Crippen molar-refractivity contribution in [3.8, 4) is 0 Å². The molecule has 1 heterocycles. The summed E-state index contributed by atoms with van der Waals surface area (Å²) in [4.78, 5) is 27.4. The lowest BCUT2D eigenvalue weighted by atomic mass is 10.4. The van der Waals surface area contributed by atoms with Crippen molar-refractivity contribution in [3.05, 3.63) is 10.6 Å². The molecule has 0 saturated heterocycles. The molecule has 1 N–H and O–H groups in total. The van der Waals surface area contributed by atoms with Gasteiger partial charge in [0.25, 0.3) is 0 Å². The van der Waals surface area contributed by atoms with Crippen LogP contribution in [0.1, 0.15) is 42.6 Å². The van der Waals surface area contributed by atoms with Gasteiger partial charge in [-0.3, -0.25) is 4.79 Å². The normalized spacial score (nSPS) is 10.4. The number of esters is 1. The summed E-state index contributed by atoms with van der Waals surface area (Å²) in [5.74, 6) is -0.519. The number of carbonyl (C=O) groups excluding carboxylic acids is 2. The molecule has 5 nitrogen and oxygen atoms in total. The van der Waals surface area contributed by atoms with Crippen molar-refractivity contribution >= 4 is 28.3 Å². The molecule has 0 unspecified atom stereocenters. The van der Waals surface area contributed by atoms with E-state index in [1.54, 1.807) is 27.7 Å². The van der Waals surface area contributed by atoms with E-state index in [-0.39, 0.29) is 12.0 Å². The number of carbonyl (C=O) groups is 2. The molecule has 1 aromatic rings. The van der Waals surface area contributed by atoms with E-state index in [9.17, 15) is 9.59 Å². The van der Waals surface area contributed by atoms with Crippen LogP contribution in [0.4, 0.5) is 5.13 Å². The predicted molar refractivity (Wildman–Crippen MR) is 66.3 cm³/mol. The molecule has 0 saturated carbocycles. The van der Waals surface area contributed by atoms with Crippen molar-refractivity contribution in [1.82, 2.24) is 4.98 Å². The molecule has 1 rings (SSSR count). The van der Waals surface area contributed by atoms with Crippen LogP contribution in [0, 0.1) is 6.92 Å². The van der Waals surface area contributed by atoms with E-state index in [4.69, 9.17) is 4.74 Å². The van der Waals surface area contributed by atoms with Crippen LogP contribution in [0.2, 0.25) is 0 Å². The molecule has 0 aliphatic heterocycles. The number of nitrogens with one attached hydrogen (secondary N) is 1. The zero-order valence-corrected chi connectivity index (χ0v) is 11.2. The first-order valence-corrected chi connectivity index (χ1v) is 6.24. The molecule has 94 valence electrons. The molecular formula is C11H16N2O3S. The topological polar surface area (TPSA) is 68.3 Å². The highest BCUT2D eigenvalue weighted by Gasteiger charge is 2.18. The molecule has 0 atom stereocenters. The average molecular weight is 256 g/mol. The Labute approximate surface area is 104 Å². The highest BCUT2D eigenvalue weighted by molar-refractivity contribution is 7.17. The van der Waals surface area contributed by atoms with Gasteiger partial charge in [0.05, 0.1) is 11.8 Å². The number of nitrogens with zero attached hydrogens (tertiary/aromatic N) is 1. The Kier molecular flexibility index (Phi) is 4.62. The second kappa shape index (κ2) is 5.77. The van der Waals surface area contributed by atoms with Crippen LogP contribution >= 0.6 is 11.3 Å². The summed E-state index contributed by atoms with van der Waals surface area (Å²) in [6.45, 7) is 7.04. The molecule has 1 aromatic heterocycles. The first-order valence-electron chi connectivity index (χ1n) is 5.42. The average Bonchev–Trinajstić information content (AvgIpc) is 2.58. The van der Waals surface area contributed by atoms with Gasteiger partial charge in [-0.2, -0.15) is 0 Å². The van der Waals surface area contributed by atoms with Crippen LogP contribution in [0.25, 0.3) is 0 Å². The summed E-state index contributed by atoms with van der Waals surface area (Å²) in [7, 11) is 0. The lowest BCUT2D eigenvalue weighted by Crippen LogP contribution is -2.11. The van der Waals surface area contributed by atoms with Crippen molar-refractivity contribution in [1.29, 1.82) is 0 Å². The van der Waals surface area contributed by atoms with E-state index < -0.39 is 5.97 Å². The number of rotatable bonds is 4. The number of anilines is 1. The Balaban J connectivity index is 2.81. The Bertz CT molecular complexity index is 426. The molecule has 0 aromatic carbocycles. The highest BCUT2D eigenvalue weighted by atomic mass is 32.1. The van der Waals surface area contributed by atoms with E-state index in [1.807, 2.05) is 0 Å². The summed E-state index contributed by atoms with van der Waals surface area (Å²) in [6, 6.07) is 0. The fourth-order valence-corrected chi connectivity index (χ4v) is 1.98. The molecule has 1 amide bonds. The Morgan fingerprint density at radius 2 is 2.12 bits per heavy atom. The number of hydrogen-bond donors (Lipinski definition) is 1. The van der Waals surface area contributed by atoms with E-state index in [1.165, 1.54) is 0 Å². The SMILES string of the molecule is CCC(=O)Nc1nc(C)c(C(=O)OC(C)C)s1. The molecule has 6 heteroatoms. The van der Waals surface area contributed by atoms with Gasteiger partial charge in [0.1, 0.15) is 4.88 Å². The minimum atomic E-state index is -0.396. The zero-order chi connectivity index (χ0) is 13.0. The van der Waals surface area contributed by atoms with Gasteiger partial charge in [-0.25, -0.2) is 9.78 Å². The number of ether oxygens (including phenoxy) is 1. The summed E-state index contributed by atoms with van der Waals surface area (Å²) < 4.78 is 5.08.